The molecule has 1 aromatic carbocycles. The third-order valence-corrected chi connectivity index (χ3v) is 3.56. The van der Waals surface area contributed by atoms with E-state index in [-0.39, 0.29) is 0 Å². The van der Waals surface area contributed by atoms with Crippen LogP contribution in [-0.2, 0) is 0 Å². The molecule has 4 nitrogen and oxygen atoms in total. The molecule has 2 aromatic rings. The average Bonchev–Trinajstić information content (AvgIpc) is 2.74. The maximum atomic E-state index is 9.37. The second kappa shape index (κ2) is 14.6. The van der Waals surface area contributed by atoms with Gasteiger partial charge in [-0.2, -0.15) is 5.26 Å². The van der Waals surface area contributed by atoms with Gasteiger partial charge in [0.05, 0.1) is 19.3 Å². The fraction of sp³-hybridized carbons (Fsp3) is 0.478. The van der Waals surface area contributed by atoms with Crippen molar-refractivity contribution < 1.29 is 9.47 Å². The molecule has 1 aromatic heterocycles. The van der Waals surface area contributed by atoms with Crippen LogP contribution in [0.15, 0.2) is 36.5 Å². The van der Waals surface area contributed by atoms with Crippen molar-refractivity contribution in [2.24, 2.45) is 5.92 Å². The largest absolute Gasteiger partial charge is 0.492 e. The standard InChI is InChI=1S/C19H22N2O2.2C2H6/c1-14(2)5-4-10-23-18-7-6-15(11-17(18)13-20)16-8-9-21-19(12-16)22-3;2*1-2/h6-9,11-12,14H,4-5,10H2,1-3H3;2*1-2H3. The van der Waals surface area contributed by atoms with Gasteiger partial charge in [0.15, 0.2) is 0 Å². The lowest BCUT2D eigenvalue weighted by Crippen LogP contribution is -2.01. The highest BCUT2D eigenvalue weighted by Crippen LogP contribution is 2.28. The minimum atomic E-state index is 0.544. The smallest absolute Gasteiger partial charge is 0.213 e. The molecule has 0 bridgehead atoms. The lowest BCUT2D eigenvalue weighted by Gasteiger charge is -2.11. The number of pyridine rings is 1. The van der Waals surface area contributed by atoms with Gasteiger partial charge in [-0.15, -0.1) is 0 Å². The van der Waals surface area contributed by atoms with Gasteiger partial charge in [0.1, 0.15) is 11.8 Å². The van der Waals surface area contributed by atoms with Crippen molar-refractivity contribution in [2.75, 3.05) is 13.7 Å². The average molecular weight is 371 g/mol. The maximum absolute atomic E-state index is 9.37. The summed E-state index contributed by atoms with van der Waals surface area (Å²) < 4.78 is 10.9. The van der Waals surface area contributed by atoms with Crippen molar-refractivity contribution in [1.29, 1.82) is 5.26 Å². The summed E-state index contributed by atoms with van der Waals surface area (Å²) in [5, 5.41) is 9.37. The van der Waals surface area contributed by atoms with Gasteiger partial charge in [0.25, 0.3) is 0 Å². The number of hydrogen-bond donors (Lipinski definition) is 0. The van der Waals surface area contributed by atoms with Crippen molar-refractivity contribution >= 4 is 0 Å². The number of benzene rings is 1. The number of rotatable bonds is 7. The Labute approximate surface area is 165 Å². The van der Waals surface area contributed by atoms with Gasteiger partial charge in [0.2, 0.25) is 5.88 Å². The summed E-state index contributed by atoms with van der Waals surface area (Å²) in [5.74, 6) is 1.86. The summed E-state index contributed by atoms with van der Waals surface area (Å²) in [6.45, 7) is 13.0. The Balaban J connectivity index is 0.00000158. The van der Waals surface area contributed by atoms with Crippen LogP contribution in [0, 0.1) is 17.2 Å². The molecule has 0 amide bonds. The number of nitrogens with zero attached hydrogens (tertiary/aromatic N) is 2. The van der Waals surface area contributed by atoms with Crippen LogP contribution < -0.4 is 9.47 Å². The van der Waals surface area contributed by atoms with Crippen LogP contribution in [0.1, 0.15) is 59.9 Å². The van der Waals surface area contributed by atoms with Gasteiger partial charge in [-0.25, -0.2) is 4.98 Å². The van der Waals surface area contributed by atoms with Gasteiger partial charge in [0, 0.05) is 12.3 Å². The molecule has 2 rings (SSSR count). The van der Waals surface area contributed by atoms with E-state index >= 15 is 0 Å². The molecular weight excluding hydrogens is 336 g/mol. The summed E-state index contributed by atoms with van der Waals surface area (Å²) in [5.41, 5.74) is 2.44. The van der Waals surface area contributed by atoms with Gasteiger partial charge in [-0.3, -0.25) is 0 Å². The van der Waals surface area contributed by atoms with Gasteiger partial charge < -0.3 is 9.47 Å². The molecule has 1 heterocycles. The van der Waals surface area contributed by atoms with E-state index < -0.39 is 0 Å². The number of hydrogen-bond acceptors (Lipinski definition) is 4. The summed E-state index contributed by atoms with van der Waals surface area (Å²) >= 11 is 0. The quantitative estimate of drug-likeness (QED) is 0.522. The molecule has 0 saturated carbocycles. The van der Waals surface area contributed by atoms with Crippen LogP contribution in [0.2, 0.25) is 0 Å². The van der Waals surface area contributed by atoms with Crippen molar-refractivity contribution in [3.05, 3.63) is 42.1 Å². The Kier molecular flexibility index (Phi) is 13.2. The predicted molar refractivity (Wildman–Crippen MR) is 113 cm³/mol. The minimum absolute atomic E-state index is 0.544. The molecule has 0 fully saturated rings. The fourth-order valence-electron chi connectivity index (χ4n) is 2.30. The van der Waals surface area contributed by atoms with E-state index in [1.54, 1.807) is 13.3 Å². The Morgan fingerprint density at radius 3 is 2.30 bits per heavy atom. The molecule has 27 heavy (non-hydrogen) atoms. The molecular formula is C23H34N2O2. The van der Waals surface area contributed by atoms with Crippen molar-refractivity contribution in [1.82, 2.24) is 4.98 Å². The lowest BCUT2D eigenvalue weighted by atomic mass is 10.0. The Morgan fingerprint density at radius 2 is 1.70 bits per heavy atom. The van der Waals surface area contributed by atoms with E-state index in [9.17, 15) is 5.26 Å². The van der Waals surface area contributed by atoms with E-state index in [0.717, 1.165) is 24.0 Å². The first kappa shape index (κ1) is 24.5. The van der Waals surface area contributed by atoms with Crippen LogP contribution in [-0.4, -0.2) is 18.7 Å². The second-order valence-electron chi connectivity index (χ2n) is 5.79. The molecule has 0 spiro atoms. The monoisotopic (exact) mass is 370 g/mol. The molecule has 0 saturated heterocycles. The third-order valence-electron chi connectivity index (χ3n) is 3.56. The molecule has 0 atom stereocenters. The van der Waals surface area contributed by atoms with Gasteiger partial charge in [-0.05, 0) is 48.1 Å². The number of methoxy groups -OCH3 is 1. The zero-order valence-corrected chi connectivity index (χ0v) is 17.9. The summed E-state index contributed by atoms with van der Waals surface area (Å²) in [7, 11) is 1.58. The van der Waals surface area contributed by atoms with Crippen molar-refractivity contribution in [2.45, 2.75) is 54.4 Å². The van der Waals surface area contributed by atoms with Crippen LogP contribution in [0.4, 0.5) is 0 Å². The van der Waals surface area contributed by atoms with Gasteiger partial charge >= 0.3 is 0 Å². The minimum Gasteiger partial charge on any atom is -0.492 e. The zero-order valence-electron chi connectivity index (χ0n) is 17.9. The van der Waals surface area contributed by atoms with E-state index in [4.69, 9.17) is 9.47 Å². The van der Waals surface area contributed by atoms with Crippen molar-refractivity contribution in [3.63, 3.8) is 0 Å². The first-order valence-electron chi connectivity index (χ1n) is 9.81. The Morgan fingerprint density at radius 1 is 1.04 bits per heavy atom. The SMILES string of the molecule is CC.CC.COc1cc(-c2ccc(OCCCC(C)C)c(C#N)c2)ccn1. The highest BCUT2D eigenvalue weighted by molar-refractivity contribution is 5.67. The van der Waals surface area contributed by atoms with E-state index in [1.165, 1.54) is 0 Å². The van der Waals surface area contributed by atoms with Gasteiger partial charge in [-0.1, -0.05) is 47.6 Å². The molecule has 0 unspecified atom stereocenters. The number of aromatic nitrogens is 1. The van der Waals surface area contributed by atoms with E-state index in [1.807, 2.05) is 58.0 Å². The lowest BCUT2D eigenvalue weighted by molar-refractivity contribution is 0.297. The first-order chi connectivity index (χ1) is 13.1. The highest BCUT2D eigenvalue weighted by atomic mass is 16.5. The first-order valence-corrected chi connectivity index (χ1v) is 9.81. The third kappa shape index (κ3) is 8.59. The summed E-state index contributed by atoms with van der Waals surface area (Å²) in [4.78, 5) is 4.10. The molecule has 4 heteroatoms. The molecule has 0 aliphatic carbocycles. The molecule has 0 N–H and O–H groups in total. The summed E-state index contributed by atoms with van der Waals surface area (Å²) in [6.07, 6.45) is 3.80. The number of ether oxygens (including phenoxy) is 2. The zero-order chi connectivity index (χ0) is 20.7. The second-order valence-corrected chi connectivity index (χ2v) is 5.79. The Bertz CT molecular complexity index is 691. The van der Waals surface area contributed by atoms with Crippen molar-refractivity contribution in [3.8, 4) is 28.8 Å². The fourth-order valence-corrected chi connectivity index (χ4v) is 2.30. The topological polar surface area (TPSA) is 55.1 Å². The Hall–Kier alpha value is -2.54. The molecule has 0 aliphatic rings. The van der Waals surface area contributed by atoms with Crippen LogP contribution >= 0.6 is 0 Å². The van der Waals surface area contributed by atoms with Crippen LogP contribution in [0.25, 0.3) is 11.1 Å². The van der Waals surface area contributed by atoms with Crippen LogP contribution in [0.5, 0.6) is 11.6 Å². The van der Waals surface area contributed by atoms with Crippen LogP contribution in [0.3, 0.4) is 0 Å². The molecule has 0 aliphatic heterocycles. The van der Waals surface area contributed by atoms with E-state index in [2.05, 4.69) is 24.9 Å². The number of nitriles is 1. The predicted octanol–water partition coefficient (Wildman–Crippen LogP) is 6.50. The molecule has 148 valence electrons. The van der Waals surface area contributed by atoms with E-state index in [0.29, 0.717) is 29.7 Å². The highest BCUT2D eigenvalue weighted by Gasteiger charge is 2.08. The maximum Gasteiger partial charge on any atom is 0.213 e. The molecule has 0 radical (unpaired) electrons. The normalized spacial score (nSPS) is 9.30. The summed E-state index contributed by atoms with van der Waals surface area (Å²) in [6, 6.07) is 11.6.